The van der Waals surface area contributed by atoms with Gasteiger partial charge in [0, 0.05) is 13.1 Å². The lowest BCUT2D eigenvalue weighted by Crippen LogP contribution is -2.47. The van der Waals surface area contributed by atoms with Crippen molar-refractivity contribution in [2.24, 2.45) is 0 Å². The van der Waals surface area contributed by atoms with E-state index >= 15 is 0 Å². The molecule has 21 heavy (non-hydrogen) atoms. The van der Waals surface area contributed by atoms with Crippen molar-refractivity contribution in [1.82, 2.24) is 4.90 Å². The van der Waals surface area contributed by atoms with Crippen LogP contribution in [0.4, 0.5) is 0 Å². The maximum atomic E-state index is 12.2. The van der Waals surface area contributed by atoms with Gasteiger partial charge < -0.3 is 29.0 Å². The molecule has 1 N–H and O–H groups in total. The van der Waals surface area contributed by atoms with Crippen LogP contribution in [0.15, 0.2) is 0 Å². The number of hydrogen-bond donors (Lipinski definition) is 1. The van der Waals surface area contributed by atoms with Gasteiger partial charge in [-0.05, 0) is 27.7 Å². The molecule has 2 aliphatic rings. The van der Waals surface area contributed by atoms with E-state index in [0.717, 1.165) is 0 Å². The quantitative estimate of drug-likeness (QED) is 0.722. The Hall–Kier alpha value is -1.02. The molecule has 2 saturated heterocycles. The monoisotopic (exact) mass is 301 g/mol. The number of aldehydes is 1. The summed E-state index contributed by atoms with van der Waals surface area (Å²) in [6.45, 7) is 8.19. The summed E-state index contributed by atoms with van der Waals surface area (Å²) in [5.74, 6) is -3.02. The summed E-state index contributed by atoms with van der Waals surface area (Å²) in [6, 6.07) is 0. The molecule has 0 bridgehead atoms. The summed E-state index contributed by atoms with van der Waals surface area (Å²) in [5.41, 5.74) is 0. The summed E-state index contributed by atoms with van der Waals surface area (Å²) >= 11 is 0. The average molecular weight is 301 g/mol. The van der Waals surface area contributed by atoms with E-state index in [1.165, 1.54) is 0 Å². The second-order valence-corrected chi connectivity index (χ2v) is 5.83. The Bertz CT molecular complexity index is 422. The zero-order chi connectivity index (χ0) is 15.8. The highest BCUT2D eigenvalue weighted by atomic mass is 16.8. The van der Waals surface area contributed by atoms with Crippen molar-refractivity contribution in [2.75, 3.05) is 13.1 Å². The number of ether oxygens (including phenoxy) is 3. The van der Waals surface area contributed by atoms with Crippen LogP contribution in [-0.4, -0.2) is 65.2 Å². The highest BCUT2D eigenvalue weighted by Crippen LogP contribution is 2.44. The van der Waals surface area contributed by atoms with Gasteiger partial charge in [0.2, 0.25) is 11.7 Å². The smallest absolute Gasteiger partial charge is 0.228 e. The maximum absolute atomic E-state index is 12.2. The summed E-state index contributed by atoms with van der Waals surface area (Å²) in [5, 5.41) is 10.7. The Labute approximate surface area is 124 Å². The predicted molar refractivity (Wildman–Crippen MR) is 72.3 cm³/mol. The van der Waals surface area contributed by atoms with E-state index in [0.29, 0.717) is 19.4 Å². The van der Waals surface area contributed by atoms with Crippen LogP contribution in [0.3, 0.4) is 0 Å². The van der Waals surface area contributed by atoms with Gasteiger partial charge in [0.25, 0.3) is 0 Å². The van der Waals surface area contributed by atoms with E-state index in [9.17, 15) is 14.7 Å². The number of rotatable bonds is 5. The molecule has 120 valence electrons. The highest BCUT2D eigenvalue weighted by Gasteiger charge is 2.63. The molecule has 4 atom stereocenters. The number of aliphatic hydroxyl groups is 1. The minimum absolute atomic E-state index is 0.249. The van der Waals surface area contributed by atoms with Crippen LogP contribution in [0, 0.1) is 0 Å². The SMILES string of the molecule is CCN(CC)C(=O)C[C@]1(O)O[C@@H](C=O)[C@H]2OC(C)(C)O[C@H]21. The van der Waals surface area contributed by atoms with Gasteiger partial charge in [-0.2, -0.15) is 0 Å². The number of fused-ring (bicyclic) bond motifs is 1. The molecule has 0 aromatic carbocycles. The van der Waals surface area contributed by atoms with Crippen molar-refractivity contribution in [3.05, 3.63) is 0 Å². The molecule has 7 heteroatoms. The van der Waals surface area contributed by atoms with Crippen molar-refractivity contribution < 1.29 is 28.9 Å². The van der Waals surface area contributed by atoms with E-state index < -0.39 is 29.9 Å². The van der Waals surface area contributed by atoms with Gasteiger partial charge in [-0.25, -0.2) is 0 Å². The highest BCUT2D eigenvalue weighted by molar-refractivity contribution is 5.77. The summed E-state index contributed by atoms with van der Waals surface area (Å²) in [7, 11) is 0. The van der Waals surface area contributed by atoms with Gasteiger partial charge in [0.15, 0.2) is 12.1 Å². The third-order valence-electron chi connectivity index (χ3n) is 3.89. The lowest BCUT2D eigenvalue weighted by atomic mass is 10.0. The number of carbonyl (C=O) groups is 2. The number of amides is 1. The van der Waals surface area contributed by atoms with Crippen molar-refractivity contribution >= 4 is 12.2 Å². The zero-order valence-electron chi connectivity index (χ0n) is 12.9. The summed E-state index contributed by atoms with van der Waals surface area (Å²) in [6.07, 6.45) is -2.19. The van der Waals surface area contributed by atoms with E-state index in [4.69, 9.17) is 14.2 Å². The Kier molecular flexibility index (Phi) is 4.39. The standard InChI is InChI=1S/C14H23NO6/c1-5-15(6-2)10(17)7-14(18)12-11(9(8-16)19-14)20-13(3,4)21-12/h8-9,11-12,18H,5-7H2,1-4H3/t9-,11+,12+,14-/m0/s1. The fraction of sp³-hybridized carbons (Fsp3) is 0.857. The fourth-order valence-electron chi connectivity index (χ4n) is 2.90. The Morgan fingerprint density at radius 2 is 1.86 bits per heavy atom. The van der Waals surface area contributed by atoms with E-state index in [2.05, 4.69) is 0 Å². The van der Waals surface area contributed by atoms with Gasteiger partial charge in [-0.15, -0.1) is 0 Å². The van der Waals surface area contributed by atoms with Gasteiger partial charge >= 0.3 is 0 Å². The minimum atomic E-state index is -1.84. The fourth-order valence-corrected chi connectivity index (χ4v) is 2.90. The molecule has 1 amide bonds. The van der Waals surface area contributed by atoms with Crippen LogP contribution in [0.5, 0.6) is 0 Å². The molecule has 2 fully saturated rings. The largest absolute Gasteiger partial charge is 0.363 e. The molecule has 0 spiro atoms. The number of carbonyl (C=O) groups excluding carboxylic acids is 2. The van der Waals surface area contributed by atoms with Crippen molar-refractivity contribution in [1.29, 1.82) is 0 Å². The average Bonchev–Trinajstić information content (AvgIpc) is 2.84. The van der Waals surface area contributed by atoms with Gasteiger partial charge in [0.1, 0.15) is 18.3 Å². The minimum Gasteiger partial charge on any atom is -0.363 e. The second-order valence-electron chi connectivity index (χ2n) is 5.83. The molecular formula is C14H23NO6. The summed E-state index contributed by atoms with van der Waals surface area (Å²) < 4.78 is 16.6. The molecule has 0 aromatic heterocycles. The predicted octanol–water partition coefficient (Wildman–Crippen LogP) is 0.0513. The maximum Gasteiger partial charge on any atom is 0.228 e. The first-order valence-electron chi connectivity index (χ1n) is 7.25. The van der Waals surface area contributed by atoms with Crippen LogP contribution < -0.4 is 0 Å². The molecular weight excluding hydrogens is 278 g/mol. The lowest BCUT2D eigenvalue weighted by molar-refractivity contribution is -0.270. The molecule has 0 radical (unpaired) electrons. The molecule has 7 nitrogen and oxygen atoms in total. The normalized spacial score (nSPS) is 37.3. The first kappa shape index (κ1) is 16.4. The molecule has 0 aromatic rings. The number of hydrogen-bond acceptors (Lipinski definition) is 6. The molecule has 2 rings (SSSR count). The van der Waals surface area contributed by atoms with Gasteiger partial charge in [-0.1, -0.05) is 0 Å². The first-order valence-corrected chi connectivity index (χ1v) is 7.25. The summed E-state index contributed by atoms with van der Waals surface area (Å²) in [4.78, 5) is 24.9. The van der Waals surface area contributed by atoms with Crippen molar-refractivity contribution in [3.63, 3.8) is 0 Å². The van der Waals surface area contributed by atoms with Crippen LogP contribution in [0.1, 0.15) is 34.1 Å². The van der Waals surface area contributed by atoms with Gasteiger partial charge in [-0.3, -0.25) is 4.79 Å². The van der Waals surface area contributed by atoms with Gasteiger partial charge in [0.05, 0.1) is 6.42 Å². The Morgan fingerprint density at radius 3 is 2.38 bits per heavy atom. The van der Waals surface area contributed by atoms with Crippen LogP contribution >= 0.6 is 0 Å². The zero-order valence-corrected chi connectivity index (χ0v) is 12.9. The van der Waals surface area contributed by atoms with Crippen LogP contribution in [0.25, 0.3) is 0 Å². The lowest BCUT2D eigenvalue weighted by Gasteiger charge is -2.31. The molecule has 0 unspecified atom stereocenters. The first-order chi connectivity index (χ1) is 9.76. The third-order valence-corrected chi connectivity index (χ3v) is 3.89. The number of nitrogens with zero attached hydrogens (tertiary/aromatic N) is 1. The molecule has 0 aliphatic carbocycles. The van der Waals surface area contributed by atoms with Crippen molar-refractivity contribution in [2.45, 2.75) is 64.0 Å². The Morgan fingerprint density at radius 1 is 1.24 bits per heavy atom. The van der Waals surface area contributed by atoms with Crippen LogP contribution in [0.2, 0.25) is 0 Å². The topological polar surface area (TPSA) is 85.3 Å². The van der Waals surface area contributed by atoms with Crippen LogP contribution in [-0.2, 0) is 23.8 Å². The third kappa shape index (κ3) is 2.96. The molecule has 0 saturated carbocycles. The Balaban J connectivity index is 2.17. The van der Waals surface area contributed by atoms with E-state index in [1.54, 1.807) is 18.7 Å². The van der Waals surface area contributed by atoms with E-state index in [1.807, 2.05) is 13.8 Å². The molecule has 2 heterocycles. The van der Waals surface area contributed by atoms with E-state index in [-0.39, 0.29) is 12.3 Å². The second kappa shape index (κ2) is 5.64. The molecule has 2 aliphatic heterocycles. The van der Waals surface area contributed by atoms with Crippen molar-refractivity contribution in [3.8, 4) is 0 Å².